The topological polar surface area (TPSA) is 55.1 Å². The summed E-state index contributed by atoms with van der Waals surface area (Å²) in [4.78, 5) is 10.5. The highest BCUT2D eigenvalue weighted by Crippen LogP contribution is 2.26. The Bertz CT molecular complexity index is 353. The molecule has 0 radical (unpaired) electrons. The molecule has 1 unspecified atom stereocenters. The molecule has 0 aliphatic carbocycles. The van der Waals surface area contributed by atoms with Crippen LogP contribution >= 0.6 is 15.9 Å². The van der Waals surface area contributed by atoms with Gasteiger partial charge in [0.25, 0.3) is 6.43 Å². The van der Waals surface area contributed by atoms with Crippen LogP contribution in [0.3, 0.4) is 0 Å². The summed E-state index contributed by atoms with van der Waals surface area (Å²) in [6, 6.07) is -0.959. The maximum Gasteiger partial charge on any atom is 0.328 e. The van der Waals surface area contributed by atoms with Gasteiger partial charge in [0.1, 0.15) is 11.7 Å². The van der Waals surface area contributed by atoms with Crippen LogP contribution < -0.4 is 0 Å². The lowest BCUT2D eigenvalue weighted by atomic mass is 10.4. The molecule has 78 valence electrons. The van der Waals surface area contributed by atoms with Crippen molar-refractivity contribution in [2.75, 3.05) is 0 Å². The van der Waals surface area contributed by atoms with Gasteiger partial charge in [0.2, 0.25) is 0 Å². The first-order valence-electron chi connectivity index (χ1n) is 3.69. The van der Waals surface area contributed by atoms with Crippen molar-refractivity contribution in [1.29, 1.82) is 0 Å². The van der Waals surface area contributed by atoms with E-state index in [4.69, 9.17) is 5.11 Å². The molecule has 0 fully saturated rings. The van der Waals surface area contributed by atoms with Gasteiger partial charge in [-0.3, -0.25) is 4.68 Å². The van der Waals surface area contributed by atoms with Crippen molar-refractivity contribution >= 4 is 21.9 Å². The number of halogens is 3. The second kappa shape index (κ2) is 4.04. The van der Waals surface area contributed by atoms with Crippen LogP contribution in [0.1, 0.15) is 25.1 Å². The number of aromatic nitrogens is 2. The van der Waals surface area contributed by atoms with E-state index < -0.39 is 24.1 Å². The van der Waals surface area contributed by atoms with Crippen molar-refractivity contribution in [2.45, 2.75) is 19.4 Å². The average molecular weight is 269 g/mol. The van der Waals surface area contributed by atoms with Crippen molar-refractivity contribution in [1.82, 2.24) is 9.78 Å². The van der Waals surface area contributed by atoms with Crippen molar-refractivity contribution < 1.29 is 18.7 Å². The molecule has 0 amide bonds. The summed E-state index contributed by atoms with van der Waals surface area (Å²) in [6.45, 7) is 1.36. The Kier molecular flexibility index (Phi) is 3.20. The van der Waals surface area contributed by atoms with Crippen LogP contribution in [0.5, 0.6) is 0 Å². The van der Waals surface area contributed by atoms with Gasteiger partial charge >= 0.3 is 5.97 Å². The van der Waals surface area contributed by atoms with Crippen LogP contribution in [0.2, 0.25) is 0 Å². The summed E-state index contributed by atoms with van der Waals surface area (Å²) in [5, 5.41) is 12.1. The molecule has 0 spiro atoms. The zero-order valence-electron chi connectivity index (χ0n) is 7.12. The van der Waals surface area contributed by atoms with Gasteiger partial charge < -0.3 is 5.11 Å². The minimum absolute atomic E-state index is 0.112. The standard InChI is InChI=1S/C7H7BrF2N2O2/c1-3(7(13)14)12-2-4(8)5(11-12)6(9)10/h2-3,6H,1H3,(H,13,14). The SMILES string of the molecule is CC(C(=O)O)n1cc(Br)c(C(F)F)n1. The molecule has 1 aromatic heterocycles. The fourth-order valence-corrected chi connectivity index (χ4v) is 1.30. The van der Waals surface area contributed by atoms with Gasteiger partial charge in [0.15, 0.2) is 0 Å². The van der Waals surface area contributed by atoms with E-state index in [-0.39, 0.29) is 4.47 Å². The zero-order valence-corrected chi connectivity index (χ0v) is 8.70. The van der Waals surface area contributed by atoms with Gasteiger partial charge in [0, 0.05) is 6.20 Å². The smallest absolute Gasteiger partial charge is 0.328 e. The van der Waals surface area contributed by atoms with Gasteiger partial charge in [-0.1, -0.05) is 0 Å². The number of carboxylic acids is 1. The molecule has 0 aliphatic heterocycles. The highest BCUT2D eigenvalue weighted by Gasteiger charge is 2.21. The molecular weight excluding hydrogens is 262 g/mol. The van der Waals surface area contributed by atoms with E-state index in [0.29, 0.717) is 0 Å². The largest absolute Gasteiger partial charge is 0.480 e. The predicted molar refractivity (Wildman–Crippen MR) is 47.2 cm³/mol. The molecule has 1 rings (SSSR count). The van der Waals surface area contributed by atoms with E-state index in [2.05, 4.69) is 21.0 Å². The fraction of sp³-hybridized carbons (Fsp3) is 0.429. The van der Waals surface area contributed by atoms with Crippen LogP contribution in [0.4, 0.5) is 8.78 Å². The number of carbonyl (C=O) groups is 1. The summed E-state index contributed by atoms with van der Waals surface area (Å²) < 4.78 is 25.6. The van der Waals surface area contributed by atoms with Gasteiger partial charge in [-0.25, -0.2) is 13.6 Å². The predicted octanol–water partition coefficient (Wildman–Crippen LogP) is 2.23. The molecule has 0 saturated heterocycles. The zero-order chi connectivity index (χ0) is 10.9. The minimum atomic E-state index is -2.72. The number of rotatable bonds is 3. The molecule has 14 heavy (non-hydrogen) atoms. The number of nitrogens with zero attached hydrogens (tertiary/aromatic N) is 2. The van der Waals surface area contributed by atoms with E-state index in [0.717, 1.165) is 4.68 Å². The van der Waals surface area contributed by atoms with Gasteiger partial charge in [0.05, 0.1) is 4.47 Å². The van der Waals surface area contributed by atoms with E-state index >= 15 is 0 Å². The van der Waals surface area contributed by atoms with Gasteiger partial charge in [-0.05, 0) is 22.9 Å². The Morgan fingerprint density at radius 3 is 2.64 bits per heavy atom. The molecule has 0 aliphatic rings. The Morgan fingerprint density at radius 1 is 1.71 bits per heavy atom. The summed E-state index contributed by atoms with van der Waals surface area (Å²) in [6.07, 6.45) is -1.49. The van der Waals surface area contributed by atoms with Crippen LogP contribution in [0, 0.1) is 0 Å². The number of hydrogen-bond acceptors (Lipinski definition) is 2. The molecule has 1 atom stereocenters. The molecule has 0 saturated carbocycles. The first-order chi connectivity index (χ1) is 6.43. The van der Waals surface area contributed by atoms with Crippen LogP contribution in [0.15, 0.2) is 10.7 Å². The van der Waals surface area contributed by atoms with E-state index in [1.54, 1.807) is 0 Å². The monoisotopic (exact) mass is 268 g/mol. The maximum atomic E-state index is 12.3. The number of aliphatic carboxylic acids is 1. The van der Waals surface area contributed by atoms with Gasteiger partial charge in [-0.15, -0.1) is 0 Å². The summed E-state index contributed by atoms with van der Waals surface area (Å²) >= 11 is 2.88. The average Bonchev–Trinajstić information content (AvgIpc) is 2.45. The lowest BCUT2D eigenvalue weighted by Crippen LogP contribution is -2.16. The summed E-state index contributed by atoms with van der Waals surface area (Å²) in [7, 11) is 0. The lowest BCUT2D eigenvalue weighted by Gasteiger charge is -2.05. The molecule has 7 heteroatoms. The molecule has 1 N–H and O–H groups in total. The third kappa shape index (κ3) is 2.09. The van der Waals surface area contributed by atoms with Crippen molar-refractivity contribution in [3.63, 3.8) is 0 Å². The summed E-state index contributed by atoms with van der Waals surface area (Å²) in [5.41, 5.74) is -0.446. The molecule has 0 aromatic carbocycles. The van der Waals surface area contributed by atoms with Crippen molar-refractivity contribution in [2.24, 2.45) is 0 Å². The van der Waals surface area contributed by atoms with Crippen LogP contribution in [-0.4, -0.2) is 20.9 Å². The van der Waals surface area contributed by atoms with Crippen LogP contribution in [0.25, 0.3) is 0 Å². The Balaban J connectivity index is 3.02. The second-order valence-corrected chi connectivity index (χ2v) is 3.51. The Hall–Kier alpha value is -0.980. The lowest BCUT2D eigenvalue weighted by molar-refractivity contribution is -0.140. The first-order valence-corrected chi connectivity index (χ1v) is 4.48. The molecule has 0 bridgehead atoms. The third-order valence-electron chi connectivity index (χ3n) is 1.67. The minimum Gasteiger partial charge on any atom is -0.480 e. The van der Waals surface area contributed by atoms with Crippen molar-refractivity contribution in [3.8, 4) is 0 Å². The van der Waals surface area contributed by atoms with E-state index in [1.165, 1.54) is 13.1 Å². The molecular formula is C7H7BrF2N2O2. The molecule has 1 aromatic rings. The number of hydrogen-bond donors (Lipinski definition) is 1. The first kappa shape index (κ1) is 11.1. The highest BCUT2D eigenvalue weighted by molar-refractivity contribution is 9.10. The normalized spacial score (nSPS) is 13.2. The molecule has 4 nitrogen and oxygen atoms in total. The molecule has 1 heterocycles. The highest BCUT2D eigenvalue weighted by atomic mass is 79.9. The van der Waals surface area contributed by atoms with Crippen molar-refractivity contribution in [3.05, 3.63) is 16.4 Å². The van der Waals surface area contributed by atoms with Gasteiger partial charge in [-0.2, -0.15) is 5.10 Å². The summed E-state index contributed by atoms with van der Waals surface area (Å²) in [5.74, 6) is -1.12. The Labute approximate surface area is 86.7 Å². The third-order valence-corrected chi connectivity index (χ3v) is 2.29. The van der Waals surface area contributed by atoms with Crippen LogP contribution in [-0.2, 0) is 4.79 Å². The Morgan fingerprint density at radius 2 is 2.29 bits per heavy atom. The maximum absolute atomic E-state index is 12.3. The van der Waals surface area contributed by atoms with E-state index in [9.17, 15) is 13.6 Å². The quantitative estimate of drug-likeness (QED) is 0.915. The fourth-order valence-electron chi connectivity index (χ4n) is 0.843. The second-order valence-electron chi connectivity index (χ2n) is 2.66. The number of carboxylic acid groups (broad SMARTS) is 1. The number of alkyl halides is 2. The van der Waals surface area contributed by atoms with E-state index in [1.807, 2.05) is 0 Å².